The molecule has 136 valence electrons. The smallest absolute Gasteiger partial charge is 0.291 e. The maximum Gasteiger partial charge on any atom is 0.291 e. The molecule has 0 saturated carbocycles. The molecule has 0 bridgehead atoms. The van der Waals surface area contributed by atoms with Crippen molar-refractivity contribution >= 4 is 23.7 Å². The number of rotatable bonds is 6. The lowest BCUT2D eigenvalue weighted by Gasteiger charge is -2.08. The number of carbonyl (C=O) groups is 2. The van der Waals surface area contributed by atoms with E-state index in [0.717, 1.165) is 11.3 Å². The molecule has 2 aromatic carbocycles. The molecule has 0 radical (unpaired) electrons. The Balaban J connectivity index is 1.67. The molecule has 0 atom stereocenters. The maximum absolute atomic E-state index is 12.4. The molecule has 0 unspecified atom stereocenters. The van der Waals surface area contributed by atoms with E-state index in [1.165, 1.54) is 18.5 Å². The zero-order valence-electron chi connectivity index (χ0n) is 14.5. The first kappa shape index (κ1) is 17.9. The summed E-state index contributed by atoms with van der Waals surface area (Å²) < 4.78 is 10.1. The molecule has 7 nitrogen and oxygen atoms in total. The van der Waals surface area contributed by atoms with Gasteiger partial charge in [-0.25, -0.2) is 5.43 Å². The number of anilines is 1. The summed E-state index contributed by atoms with van der Waals surface area (Å²) in [6.07, 6.45) is 2.92. The number of ether oxygens (including phenoxy) is 1. The fourth-order valence-corrected chi connectivity index (χ4v) is 2.30. The monoisotopic (exact) mass is 363 g/mol. The van der Waals surface area contributed by atoms with Crippen molar-refractivity contribution in [3.63, 3.8) is 0 Å². The Bertz CT molecular complexity index is 948. The van der Waals surface area contributed by atoms with Crippen molar-refractivity contribution in [2.45, 2.75) is 0 Å². The molecule has 0 spiro atoms. The van der Waals surface area contributed by atoms with Crippen molar-refractivity contribution in [1.29, 1.82) is 0 Å². The first-order chi connectivity index (χ1) is 13.2. The summed E-state index contributed by atoms with van der Waals surface area (Å²) in [5, 5.41) is 6.60. The highest BCUT2D eigenvalue weighted by atomic mass is 16.5. The lowest BCUT2D eigenvalue weighted by molar-refractivity contribution is 0.0956. The number of nitrogens with one attached hydrogen (secondary N) is 2. The van der Waals surface area contributed by atoms with E-state index in [1.807, 2.05) is 12.1 Å². The van der Waals surface area contributed by atoms with E-state index in [2.05, 4.69) is 15.8 Å². The van der Waals surface area contributed by atoms with Crippen LogP contribution in [0.15, 0.2) is 76.4 Å². The van der Waals surface area contributed by atoms with Crippen LogP contribution in [0, 0.1) is 0 Å². The minimum atomic E-state index is -0.449. The van der Waals surface area contributed by atoms with Gasteiger partial charge >= 0.3 is 0 Å². The minimum Gasteiger partial charge on any atom is -0.497 e. The Morgan fingerprint density at radius 2 is 1.78 bits per heavy atom. The van der Waals surface area contributed by atoms with Gasteiger partial charge in [0.15, 0.2) is 5.76 Å². The number of hydrazone groups is 1. The zero-order valence-corrected chi connectivity index (χ0v) is 14.5. The van der Waals surface area contributed by atoms with Gasteiger partial charge in [-0.05, 0) is 54.1 Å². The van der Waals surface area contributed by atoms with Crippen LogP contribution in [0.4, 0.5) is 5.69 Å². The normalized spacial score (nSPS) is 10.6. The number of nitrogens with zero attached hydrogens (tertiary/aromatic N) is 1. The number of hydrogen-bond acceptors (Lipinski definition) is 5. The first-order valence-corrected chi connectivity index (χ1v) is 8.08. The van der Waals surface area contributed by atoms with Crippen molar-refractivity contribution in [2.24, 2.45) is 5.10 Å². The SMILES string of the molecule is COc1ccc(/C=N\NC(=O)c2ccccc2NC(=O)c2ccco2)cc1. The second-order valence-corrected chi connectivity index (χ2v) is 5.45. The van der Waals surface area contributed by atoms with Crippen LogP contribution in [0.1, 0.15) is 26.5 Å². The van der Waals surface area contributed by atoms with Gasteiger partial charge in [-0.3, -0.25) is 9.59 Å². The predicted molar refractivity (Wildman–Crippen MR) is 101 cm³/mol. The van der Waals surface area contributed by atoms with E-state index >= 15 is 0 Å². The van der Waals surface area contributed by atoms with Gasteiger partial charge in [0.05, 0.1) is 30.8 Å². The Hall–Kier alpha value is -3.87. The number of hydrogen-bond donors (Lipinski definition) is 2. The van der Waals surface area contributed by atoms with Crippen LogP contribution in [0.3, 0.4) is 0 Å². The van der Waals surface area contributed by atoms with E-state index in [4.69, 9.17) is 9.15 Å². The molecular formula is C20H17N3O4. The first-order valence-electron chi connectivity index (χ1n) is 8.08. The van der Waals surface area contributed by atoms with Gasteiger partial charge in [0, 0.05) is 0 Å². The third-order valence-electron chi connectivity index (χ3n) is 3.66. The molecule has 0 aliphatic heterocycles. The summed E-state index contributed by atoms with van der Waals surface area (Å²) >= 11 is 0. The predicted octanol–water partition coefficient (Wildman–Crippen LogP) is 3.30. The Morgan fingerprint density at radius 1 is 1.00 bits per heavy atom. The lowest BCUT2D eigenvalue weighted by atomic mass is 10.1. The van der Waals surface area contributed by atoms with Crippen LogP contribution in [0.2, 0.25) is 0 Å². The average molecular weight is 363 g/mol. The lowest BCUT2D eigenvalue weighted by Crippen LogP contribution is -2.21. The molecule has 1 aromatic heterocycles. The van der Waals surface area contributed by atoms with Crippen molar-refractivity contribution in [3.8, 4) is 5.75 Å². The molecule has 3 aromatic rings. The summed E-state index contributed by atoms with van der Waals surface area (Å²) in [4.78, 5) is 24.5. The Kier molecular flexibility index (Phi) is 5.64. The van der Waals surface area contributed by atoms with Crippen molar-refractivity contribution < 1.29 is 18.7 Å². The van der Waals surface area contributed by atoms with Crippen molar-refractivity contribution in [2.75, 3.05) is 12.4 Å². The zero-order chi connectivity index (χ0) is 19.1. The number of para-hydroxylation sites is 1. The maximum atomic E-state index is 12.4. The minimum absolute atomic E-state index is 0.155. The third-order valence-corrected chi connectivity index (χ3v) is 3.66. The number of carbonyl (C=O) groups excluding carboxylic acids is 2. The van der Waals surface area contributed by atoms with Crippen LogP contribution in [-0.2, 0) is 0 Å². The number of furan rings is 1. The highest BCUT2D eigenvalue weighted by Crippen LogP contribution is 2.16. The molecule has 1 heterocycles. The Labute approximate surface area is 155 Å². The van der Waals surface area contributed by atoms with Gasteiger partial charge in [-0.15, -0.1) is 0 Å². The van der Waals surface area contributed by atoms with Crippen LogP contribution in [0.5, 0.6) is 5.75 Å². The van der Waals surface area contributed by atoms with E-state index in [-0.39, 0.29) is 11.3 Å². The molecule has 0 saturated heterocycles. The van der Waals surface area contributed by atoms with Gasteiger partial charge in [0.2, 0.25) is 0 Å². The van der Waals surface area contributed by atoms with Gasteiger partial charge in [-0.1, -0.05) is 12.1 Å². The second kappa shape index (κ2) is 8.48. The Morgan fingerprint density at radius 3 is 2.48 bits per heavy atom. The van der Waals surface area contributed by atoms with E-state index in [9.17, 15) is 9.59 Å². The van der Waals surface area contributed by atoms with Crippen LogP contribution in [-0.4, -0.2) is 25.1 Å². The van der Waals surface area contributed by atoms with E-state index in [0.29, 0.717) is 5.69 Å². The van der Waals surface area contributed by atoms with Gasteiger partial charge in [-0.2, -0.15) is 5.10 Å². The molecule has 2 N–H and O–H groups in total. The number of methoxy groups -OCH3 is 1. The molecule has 3 rings (SSSR count). The van der Waals surface area contributed by atoms with Crippen molar-refractivity contribution in [3.05, 3.63) is 83.8 Å². The summed E-state index contributed by atoms with van der Waals surface area (Å²) in [7, 11) is 1.59. The quantitative estimate of drug-likeness (QED) is 0.519. The van der Waals surface area contributed by atoms with Crippen LogP contribution in [0.25, 0.3) is 0 Å². The molecule has 2 amide bonds. The second-order valence-electron chi connectivity index (χ2n) is 5.45. The van der Waals surface area contributed by atoms with Crippen LogP contribution < -0.4 is 15.5 Å². The van der Waals surface area contributed by atoms with Gasteiger partial charge in [0.1, 0.15) is 5.75 Å². The highest BCUT2D eigenvalue weighted by Gasteiger charge is 2.14. The fraction of sp³-hybridized carbons (Fsp3) is 0.0500. The van der Waals surface area contributed by atoms with E-state index < -0.39 is 11.8 Å². The summed E-state index contributed by atoms with van der Waals surface area (Å²) in [6, 6.07) is 17.0. The largest absolute Gasteiger partial charge is 0.497 e. The summed E-state index contributed by atoms with van der Waals surface area (Å²) in [5.41, 5.74) is 3.89. The van der Waals surface area contributed by atoms with Crippen molar-refractivity contribution in [1.82, 2.24) is 5.43 Å². The molecular weight excluding hydrogens is 346 g/mol. The van der Waals surface area contributed by atoms with Gasteiger partial charge in [0.25, 0.3) is 11.8 Å². The number of amides is 2. The third kappa shape index (κ3) is 4.60. The summed E-state index contributed by atoms with van der Waals surface area (Å²) in [6.45, 7) is 0. The molecule has 0 fully saturated rings. The average Bonchev–Trinajstić information content (AvgIpc) is 3.24. The molecule has 0 aliphatic rings. The molecule has 0 aliphatic carbocycles. The summed E-state index contributed by atoms with van der Waals surface area (Å²) in [5.74, 6) is -0.00256. The standard InChI is InChI=1S/C20H17N3O4/c1-26-15-10-8-14(9-11-15)13-21-23-19(24)16-5-2-3-6-17(16)22-20(25)18-7-4-12-27-18/h2-13H,1H3,(H,22,25)(H,23,24)/b21-13-. The van der Waals surface area contributed by atoms with E-state index in [1.54, 1.807) is 49.6 Å². The molecule has 27 heavy (non-hydrogen) atoms. The van der Waals surface area contributed by atoms with Crippen LogP contribution >= 0.6 is 0 Å². The fourth-order valence-electron chi connectivity index (χ4n) is 2.30. The van der Waals surface area contributed by atoms with Gasteiger partial charge < -0.3 is 14.5 Å². The topological polar surface area (TPSA) is 92.9 Å². The molecule has 7 heteroatoms. The number of benzene rings is 2. The highest BCUT2D eigenvalue weighted by molar-refractivity contribution is 6.07.